The Bertz CT molecular complexity index is 418. The first-order chi connectivity index (χ1) is 8.22. The second-order valence-corrected chi connectivity index (χ2v) is 5.86. The van der Waals surface area contributed by atoms with Crippen molar-refractivity contribution in [3.63, 3.8) is 0 Å². The Morgan fingerprint density at radius 2 is 2.06 bits per heavy atom. The second-order valence-electron chi connectivity index (χ2n) is 5.42. The van der Waals surface area contributed by atoms with Gasteiger partial charge in [0, 0.05) is 10.4 Å². The molecule has 0 amide bonds. The van der Waals surface area contributed by atoms with Gasteiger partial charge in [-0.05, 0) is 42.5 Å². The van der Waals surface area contributed by atoms with Crippen molar-refractivity contribution < 1.29 is 4.74 Å². The highest BCUT2D eigenvalue weighted by Crippen LogP contribution is 2.57. The van der Waals surface area contributed by atoms with Gasteiger partial charge in [-0.1, -0.05) is 30.2 Å². The van der Waals surface area contributed by atoms with E-state index in [0.717, 1.165) is 24.8 Å². The van der Waals surface area contributed by atoms with Crippen LogP contribution in [0.3, 0.4) is 0 Å². The molecule has 92 valence electrons. The zero-order chi connectivity index (χ0) is 11.9. The first-order valence-electron chi connectivity index (χ1n) is 6.26. The molecule has 0 unspecified atom stereocenters. The maximum absolute atomic E-state index is 6.11. The summed E-state index contributed by atoms with van der Waals surface area (Å²) in [4.78, 5) is 0. The largest absolute Gasteiger partial charge is 0.379 e. The van der Waals surface area contributed by atoms with Crippen molar-refractivity contribution in [3.8, 4) is 0 Å². The molecule has 1 aromatic rings. The Hall–Kier alpha value is -0.570. The van der Waals surface area contributed by atoms with Crippen LogP contribution >= 0.6 is 11.6 Å². The van der Waals surface area contributed by atoms with E-state index in [-0.39, 0.29) is 10.8 Å². The fraction of sp³-hybridized carbons (Fsp3) is 0.571. The lowest BCUT2D eigenvalue weighted by Crippen LogP contribution is -2.64. The van der Waals surface area contributed by atoms with Crippen molar-refractivity contribution in [2.45, 2.75) is 24.7 Å². The van der Waals surface area contributed by atoms with Crippen LogP contribution in [-0.4, -0.2) is 19.8 Å². The number of hydrogen-bond acceptors (Lipinski definition) is 2. The van der Waals surface area contributed by atoms with E-state index in [2.05, 4.69) is 12.1 Å². The average molecular weight is 252 g/mol. The van der Waals surface area contributed by atoms with E-state index in [0.29, 0.717) is 0 Å². The van der Waals surface area contributed by atoms with Crippen LogP contribution in [0.25, 0.3) is 0 Å². The molecule has 0 aromatic heterocycles. The molecule has 1 saturated carbocycles. The summed E-state index contributed by atoms with van der Waals surface area (Å²) >= 11 is 6.11. The molecule has 1 aliphatic carbocycles. The van der Waals surface area contributed by atoms with E-state index < -0.39 is 0 Å². The van der Waals surface area contributed by atoms with E-state index >= 15 is 0 Å². The molecule has 2 aliphatic rings. The molecule has 0 radical (unpaired) electrons. The molecule has 2 N–H and O–H groups in total. The number of hydrogen-bond donors (Lipinski definition) is 1. The van der Waals surface area contributed by atoms with E-state index in [4.69, 9.17) is 22.1 Å². The summed E-state index contributed by atoms with van der Waals surface area (Å²) in [5, 5.41) is 0.806. The molecule has 3 rings (SSSR count). The van der Waals surface area contributed by atoms with Gasteiger partial charge in [-0.3, -0.25) is 0 Å². The normalized spacial score (nSPS) is 24.8. The number of ether oxygens (including phenoxy) is 1. The fourth-order valence-electron chi connectivity index (χ4n) is 3.35. The second kappa shape index (κ2) is 3.98. The summed E-state index contributed by atoms with van der Waals surface area (Å²) in [7, 11) is 0. The van der Waals surface area contributed by atoms with E-state index in [1.807, 2.05) is 12.1 Å². The Morgan fingerprint density at radius 1 is 1.29 bits per heavy atom. The van der Waals surface area contributed by atoms with Crippen molar-refractivity contribution in [2.24, 2.45) is 11.1 Å². The Kier molecular flexibility index (Phi) is 2.69. The lowest BCUT2D eigenvalue weighted by molar-refractivity contribution is -0.153. The Balaban J connectivity index is 2.02. The van der Waals surface area contributed by atoms with Crippen molar-refractivity contribution in [2.75, 3.05) is 19.8 Å². The summed E-state index contributed by atoms with van der Waals surface area (Å²) in [5.41, 5.74) is 7.72. The minimum atomic E-state index is 0.116. The monoisotopic (exact) mass is 251 g/mol. The van der Waals surface area contributed by atoms with Gasteiger partial charge in [0.25, 0.3) is 0 Å². The molecule has 17 heavy (non-hydrogen) atoms. The minimum absolute atomic E-state index is 0.116. The van der Waals surface area contributed by atoms with Gasteiger partial charge in [-0.25, -0.2) is 0 Å². The van der Waals surface area contributed by atoms with Crippen LogP contribution in [0.4, 0.5) is 0 Å². The van der Waals surface area contributed by atoms with E-state index in [1.165, 1.54) is 24.8 Å². The summed E-state index contributed by atoms with van der Waals surface area (Å²) in [6.07, 6.45) is 3.73. The third-order valence-electron chi connectivity index (χ3n) is 4.79. The molecule has 1 aromatic carbocycles. The van der Waals surface area contributed by atoms with Gasteiger partial charge in [0.1, 0.15) is 0 Å². The lowest BCUT2D eigenvalue weighted by Gasteiger charge is -2.60. The topological polar surface area (TPSA) is 35.2 Å². The van der Waals surface area contributed by atoms with Crippen molar-refractivity contribution in [3.05, 3.63) is 34.9 Å². The predicted molar refractivity (Wildman–Crippen MR) is 69.3 cm³/mol. The molecular weight excluding hydrogens is 234 g/mol. The number of benzene rings is 1. The van der Waals surface area contributed by atoms with Crippen molar-refractivity contribution >= 4 is 11.6 Å². The SMILES string of the molecule is NCC1(C2(c3cccc(Cl)c3)COC2)CCC1. The molecule has 0 spiro atoms. The van der Waals surface area contributed by atoms with Crippen LogP contribution in [0, 0.1) is 5.41 Å². The van der Waals surface area contributed by atoms with Crippen LogP contribution in [0.1, 0.15) is 24.8 Å². The molecule has 0 atom stereocenters. The van der Waals surface area contributed by atoms with Gasteiger partial charge < -0.3 is 10.5 Å². The lowest BCUT2D eigenvalue weighted by atomic mass is 9.50. The number of halogens is 1. The summed E-state index contributed by atoms with van der Waals surface area (Å²) in [6, 6.07) is 8.21. The van der Waals surface area contributed by atoms with Crippen LogP contribution < -0.4 is 5.73 Å². The smallest absolute Gasteiger partial charge is 0.0591 e. The van der Waals surface area contributed by atoms with Crippen LogP contribution in [-0.2, 0) is 10.2 Å². The first kappa shape index (κ1) is 11.5. The Morgan fingerprint density at radius 3 is 2.47 bits per heavy atom. The van der Waals surface area contributed by atoms with Crippen LogP contribution in [0.5, 0.6) is 0 Å². The standard InChI is InChI=1S/C14H18ClNO/c15-12-4-1-3-11(7-12)14(9-17-10-14)13(8-16)5-2-6-13/h1,3-4,7H,2,5-6,8-10,16H2. The predicted octanol–water partition coefficient (Wildman–Crippen LogP) is 2.74. The van der Waals surface area contributed by atoms with Crippen LogP contribution in [0.15, 0.2) is 24.3 Å². The van der Waals surface area contributed by atoms with Crippen LogP contribution in [0.2, 0.25) is 5.02 Å². The third-order valence-corrected chi connectivity index (χ3v) is 5.03. The van der Waals surface area contributed by atoms with Gasteiger partial charge in [-0.15, -0.1) is 0 Å². The highest BCUT2D eigenvalue weighted by Gasteiger charge is 2.58. The highest BCUT2D eigenvalue weighted by molar-refractivity contribution is 6.30. The fourth-order valence-corrected chi connectivity index (χ4v) is 3.54. The average Bonchev–Trinajstić information content (AvgIpc) is 2.20. The van der Waals surface area contributed by atoms with Gasteiger partial charge >= 0.3 is 0 Å². The molecule has 2 nitrogen and oxygen atoms in total. The van der Waals surface area contributed by atoms with E-state index in [9.17, 15) is 0 Å². The minimum Gasteiger partial charge on any atom is -0.379 e. The van der Waals surface area contributed by atoms with Gasteiger partial charge in [0.2, 0.25) is 0 Å². The zero-order valence-corrected chi connectivity index (χ0v) is 10.7. The van der Waals surface area contributed by atoms with Crippen molar-refractivity contribution in [1.82, 2.24) is 0 Å². The molecular formula is C14H18ClNO. The highest BCUT2D eigenvalue weighted by atomic mass is 35.5. The number of rotatable bonds is 3. The molecule has 1 saturated heterocycles. The molecule has 1 heterocycles. The van der Waals surface area contributed by atoms with E-state index in [1.54, 1.807) is 0 Å². The molecule has 1 aliphatic heterocycles. The van der Waals surface area contributed by atoms with Gasteiger partial charge in [0.15, 0.2) is 0 Å². The third kappa shape index (κ3) is 1.48. The van der Waals surface area contributed by atoms with Gasteiger partial charge in [0.05, 0.1) is 13.2 Å². The maximum Gasteiger partial charge on any atom is 0.0591 e. The molecule has 0 bridgehead atoms. The zero-order valence-electron chi connectivity index (χ0n) is 9.92. The quantitative estimate of drug-likeness (QED) is 0.897. The summed E-state index contributed by atoms with van der Waals surface area (Å²) < 4.78 is 5.52. The van der Waals surface area contributed by atoms with Gasteiger partial charge in [-0.2, -0.15) is 0 Å². The molecule has 3 heteroatoms. The van der Waals surface area contributed by atoms with Crippen molar-refractivity contribution in [1.29, 1.82) is 0 Å². The molecule has 2 fully saturated rings. The summed E-state index contributed by atoms with van der Waals surface area (Å²) in [5.74, 6) is 0. The number of nitrogens with two attached hydrogens (primary N) is 1. The maximum atomic E-state index is 6.11. The first-order valence-corrected chi connectivity index (χ1v) is 6.64. The summed E-state index contributed by atoms with van der Waals surface area (Å²) in [6.45, 7) is 2.35. The Labute approximate surface area is 107 Å².